The first-order chi connectivity index (χ1) is 18.8. The Morgan fingerprint density at radius 3 is 1.90 bits per heavy atom. The highest BCUT2D eigenvalue weighted by Gasteiger charge is 2.25. The number of benzene rings is 2. The van der Waals surface area contributed by atoms with Gasteiger partial charge in [-0.2, -0.15) is 0 Å². The summed E-state index contributed by atoms with van der Waals surface area (Å²) >= 11 is 0. The molecule has 0 unspecified atom stereocenters. The van der Waals surface area contributed by atoms with Crippen molar-refractivity contribution in [1.29, 1.82) is 0 Å². The molecule has 0 spiro atoms. The molecule has 0 bridgehead atoms. The van der Waals surface area contributed by atoms with E-state index in [1.807, 2.05) is 18.2 Å². The molecule has 208 valence electrons. The Kier molecular flexibility index (Phi) is 9.46. The summed E-state index contributed by atoms with van der Waals surface area (Å²) in [5.41, 5.74) is 6.22. The van der Waals surface area contributed by atoms with Crippen molar-refractivity contribution >= 4 is 34.2 Å². The zero-order valence-electron chi connectivity index (χ0n) is 24.3. The second-order valence-electron chi connectivity index (χ2n) is 10.5. The third-order valence-electron chi connectivity index (χ3n) is 7.27. The molecule has 0 atom stereocenters. The number of anilines is 3. The van der Waals surface area contributed by atoms with Crippen molar-refractivity contribution in [2.45, 2.75) is 53.6 Å². The van der Waals surface area contributed by atoms with Crippen molar-refractivity contribution in [1.82, 2.24) is 4.90 Å². The minimum Gasteiger partial charge on any atom is -0.378 e. The molecule has 0 radical (unpaired) electrons. The van der Waals surface area contributed by atoms with E-state index in [1.54, 1.807) is 6.08 Å². The maximum atomic E-state index is 13.2. The Bertz CT molecular complexity index is 1210. The molecule has 0 saturated carbocycles. The Balaban J connectivity index is 1.62. The van der Waals surface area contributed by atoms with Crippen molar-refractivity contribution in [3.8, 4) is 0 Å². The van der Waals surface area contributed by atoms with Gasteiger partial charge in [-0.3, -0.25) is 4.79 Å². The number of nitrogens with one attached hydrogen (secondary N) is 1. The summed E-state index contributed by atoms with van der Waals surface area (Å²) in [5, 5.41) is 3.35. The molecule has 2 aromatic rings. The second kappa shape index (κ2) is 13.0. The lowest BCUT2D eigenvalue weighted by molar-refractivity contribution is -0.111. The van der Waals surface area contributed by atoms with Crippen molar-refractivity contribution in [2.75, 3.05) is 54.5 Å². The molecule has 0 aromatic heterocycles. The largest absolute Gasteiger partial charge is 0.378 e. The lowest BCUT2D eigenvalue weighted by Crippen LogP contribution is -2.39. The number of hydrogen-bond acceptors (Lipinski definition) is 7. The zero-order chi connectivity index (χ0) is 27.9. The van der Waals surface area contributed by atoms with Crippen LogP contribution in [0.1, 0.15) is 41.5 Å². The predicted molar refractivity (Wildman–Crippen MR) is 163 cm³/mol. The number of carbonyl (C=O) groups excluding carboxylic acids is 1. The van der Waals surface area contributed by atoms with Crippen LogP contribution in [0.3, 0.4) is 0 Å². The van der Waals surface area contributed by atoms with Crippen LogP contribution in [0.15, 0.2) is 77.1 Å². The van der Waals surface area contributed by atoms with Gasteiger partial charge in [-0.15, -0.1) is 0 Å². The molecule has 1 aliphatic heterocycles. The SMILES string of the molecule is CCN(c1ccc(/N=C2\C=C(Nc3ccc(N(CC)C(C)C)cc3)C(=O)C=C2N2CCOCC2)cc1)C(C)C. The van der Waals surface area contributed by atoms with Gasteiger partial charge in [-0.25, -0.2) is 4.99 Å². The van der Waals surface area contributed by atoms with Gasteiger partial charge >= 0.3 is 0 Å². The quantitative estimate of drug-likeness (QED) is 0.380. The fraction of sp³-hybridized carbons (Fsp3) is 0.438. The molecule has 2 aromatic carbocycles. The van der Waals surface area contributed by atoms with E-state index in [0.29, 0.717) is 31.0 Å². The predicted octanol–water partition coefficient (Wildman–Crippen LogP) is 6.02. The smallest absolute Gasteiger partial charge is 0.204 e. The van der Waals surface area contributed by atoms with E-state index in [2.05, 4.69) is 98.0 Å². The van der Waals surface area contributed by atoms with Crippen LogP contribution in [0.2, 0.25) is 0 Å². The fourth-order valence-corrected chi connectivity index (χ4v) is 5.24. The van der Waals surface area contributed by atoms with Gasteiger partial charge in [0.15, 0.2) is 0 Å². The Hall–Kier alpha value is -3.58. The van der Waals surface area contributed by atoms with Gasteiger partial charge in [-0.05, 0) is 96.1 Å². The summed E-state index contributed by atoms with van der Waals surface area (Å²) in [6, 6.07) is 17.4. The van der Waals surface area contributed by atoms with E-state index in [9.17, 15) is 4.79 Å². The highest BCUT2D eigenvalue weighted by Crippen LogP contribution is 2.27. The van der Waals surface area contributed by atoms with E-state index in [-0.39, 0.29) is 5.78 Å². The number of aliphatic imine (C=N–C) groups is 1. The van der Waals surface area contributed by atoms with E-state index in [4.69, 9.17) is 9.73 Å². The van der Waals surface area contributed by atoms with Gasteiger partial charge in [0.25, 0.3) is 0 Å². The number of hydrogen-bond donors (Lipinski definition) is 1. The van der Waals surface area contributed by atoms with Gasteiger partial charge in [0.05, 0.1) is 36.0 Å². The molecule has 1 fully saturated rings. The minimum absolute atomic E-state index is 0.0530. The van der Waals surface area contributed by atoms with Gasteiger partial charge in [0.2, 0.25) is 5.78 Å². The summed E-state index contributed by atoms with van der Waals surface area (Å²) in [6.45, 7) is 17.8. The number of carbonyl (C=O) groups is 1. The minimum atomic E-state index is -0.0530. The monoisotopic (exact) mass is 529 g/mol. The third-order valence-corrected chi connectivity index (χ3v) is 7.27. The van der Waals surface area contributed by atoms with Gasteiger partial charge in [0.1, 0.15) is 0 Å². The number of nitrogens with zero attached hydrogens (tertiary/aromatic N) is 4. The first kappa shape index (κ1) is 28.4. The molecule has 0 amide bonds. The zero-order valence-corrected chi connectivity index (χ0v) is 24.3. The Morgan fingerprint density at radius 2 is 1.38 bits per heavy atom. The number of rotatable bonds is 10. The van der Waals surface area contributed by atoms with E-state index >= 15 is 0 Å². The van der Waals surface area contributed by atoms with E-state index in [1.165, 1.54) is 11.4 Å². The third kappa shape index (κ3) is 6.90. The van der Waals surface area contributed by atoms with Gasteiger partial charge in [-0.1, -0.05) is 0 Å². The molecule has 1 N–H and O–H groups in total. The molecule has 1 saturated heterocycles. The lowest BCUT2D eigenvalue weighted by atomic mass is 10.0. The normalized spacial score (nSPS) is 17.0. The van der Waals surface area contributed by atoms with Crippen LogP contribution in [0, 0.1) is 0 Å². The number of morpholine rings is 1. The molecule has 2 aliphatic rings. The molecular weight excluding hydrogens is 486 g/mol. The van der Waals surface area contributed by atoms with Crippen molar-refractivity contribution in [3.63, 3.8) is 0 Å². The van der Waals surface area contributed by atoms with Crippen LogP contribution >= 0.6 is 0 Å². The van der Waals surface area contributed by atoms with Crippen LogP contribution in [0.4, 0.5) is 22.7 Å². The maximum Gasteiger partial charge on any atom is 0.204 e. The van der Waals surface area contributed by atoms with E-state index in [0.717, 1.165) is 49.0 Å². The fourth-order valence-electron chi connectivity index (χ4n) is 5.24. The summed E-state index contributed by atoms with van der Waals surface area (Å²) in [4.78, 5) is 25.1. The molecule has 1 heterocycles. The lowest BCUT2D eigenvalue weighted by Gasteiger charge is -2.32. The average Bonchev–Trinajstić information content (AvgIpc) is 2.93. The molecule has 7 nitrogen and oxygen atoms in total. The first-order valence-electron chi connectivity index (χ1n) is 14.2. The number of allylic oxidation sites excluding steroid dienone is 2. The summed E-state index contributed by atoms with van der Waals surface area (Å²) in [7, 11) is 0. The van der Waals surface area contributed by atoms with Crippen LogP contribution < -0.4 is 15.1 Å². The topological polar surface area (TPSA) is 60.4 Å². The molecule has 4 rings (SSSR count). The molecule has 39 heavy (non-hydrogen) atoms. The van der Waals surface area contributed by atoms with Crippen molar-refractivity contribution in [3.05, 3.63) is 72.1 Å². The molecule has 7 heteroatoms. The molecule has 1 aliphatic carbocycles. The number of ketones is 1. The van der Waals surface area contributed by atoms with E-state index < -0.39 is 0 Å². The van der Waals surface area contributed by atoms with Gasteiger partial charge < -0.3 is 24.8 Å². The van der Waals surface area contributed by atoms with Crippen LogP contribution in [-0.4, -0.2) is 67.9 Å². The molecular formula is C32H43N5O2. The van der Waals surface area contributed by atoms with Crippen molar-refractivity contribution in [2.24, 2.45) is 4.99 Å². The summed E-state index contributed by atoms with van der Waals surface area (Å²) in [5.74, 6) is -0.0530. The Morgan fingerprint density at radius 1 is 0.846 bits per heavy atom. The van der Waals surface area contributed by atoms with Crippen molar-refractivity contribution < 1.29 is 9.53 Å². The second-order valence-corrected chi connectivity index (χ2v) is 10.5. The highest BCUT2D eigenvalue weighted by molar-refractivity contribution is 6.23. The van der Waals surface area contributed by atoms with Gasteiger partial charge in [0, 0.05) is 61.4 Å². The van der Waals surface area contributed by atoms with Crippen LogP contribution in [-0.2, 0) is 9.53 Å². The maximum absolute atomic E-state index is 13.2. The average molecular weight is 530 g/mol. The van der Waals surface area contributed by atoms with Crippen LogP contribution in [0.5, 0.6) is 0 Å². The Labute approximate surface area is 233 Å². The number of ether oxygens (including phenoxy) is 1. The van der Waals surface area contributed by atoms with Crippen LogP contribution in [0.25, 0.3) is 0 Å². The highest BCUT2D eigenvalue weighted by atomic mass is 16.5. The summed E-state index contributed by atoms with van der Waals surface area (Å²) < 4.78 is 5.56. The summed E-state index contributed by atoms with van der Waals surface area (Å²) in [6.07, 6.45) is 3.60. The first-order valence-corrected chi connectivity index (χ1v) is 14.2. The standard InChI is InChI=1S/C32H43N5O2/c1-7-36(23(3)4)27-13-9-25(10-14-27)33-29-21-30(32(38)22-31(29)35-17-19-39-20-18-35)34-26-11-15-28(16-12-26)37(8-2)24(5)6/h9-16,21-24,34H,7-8,17-20H2,1-6H3/b33-29+.